The molecule has 0 atom stereocenters. The molecule has 2 aromatic carbocycles. The Morgan fingerprint density at radius 2 is 2.04 bits per heavy atom. The third-order valence-electron chi connectivity index (χ3n) is 3.37. The Balaban J connectivity index is 2.28. The standard InChI is InChI=1S/C17H18N2O5/c1-23-17(20)13-5-2-6-14(11-13)24-16-8-7-12(4-3-9-18)10-15(16)19(21)22/h2,5-8,10-11H,3-4,9,18H2,1H3. The van der Waals surface area contributed by atoms with E-state index in [2.05, 4.69) is 4.74 Å². The molecule has 0 saturated heterocycles. The van der Waals surface area contributed by atoms with Crippen LogP contribution in [-0.2, 0) is 11.2 Å². The summed E-state index contributed by atoms with van der Waals surface area (Å²) in [4.78, 5) is 22.3. The summed E-state index contributed by atoms with van der Waals surface area (Å²) in [6.07, 6.45) is 1.41. The summed E-state index contributed by atoms with van der Waals surface area (Å²) in [7, 11) is 1.28. The number of nitro groups is 1. The van der Waals surface area contributed by atoms with Crippen LogP contribution in [0.2, 0.25) is 0 Å². The monoisotopic (exact) mass is 330 g/mol. The van der Waals surface area contributed by atoms with Gasteiger partial charge in [-0.2, -0.15) is 0 Å². The largest absolute Gasteiger partial charge is 0.465 e. The van der Waals surface area contributed by atoms with Crippen molar-refractivity contribution in [3.05, 3.63) is 63.7 Å². The number of carbonyl (C=O) groups is 1. The molecule has 0 aliphatic heterocycles. The molecule has 0 heterocycles. The number of nitrogens with zero attached hydrogens (tertiary/aromatic N) is 1. The van der Waals surface area contributed by atoms with Crippen molar-refractivity contribution in [2.45, 2.75) is 12.8 Å². The van der Waals surface area contributed by atoms with E-state index in [0.29, 0.717) is 24.3 Å². The molecule has 2 N–H and O–H groups in total. The Bertz CT molecular complexity index is 746. The van der Waals surface area contributed by atoms with Gasteiger partial charge in [0.15, 0.2) is 0 Å². The van der Waals surface area contributed by atoms with Crippen molar-refractivity contribution < 1.29 is 19.2 Å². The minimum atomic E-state index is -0.507. The molecular formula is C17H18N2O5. The van der Waals surface area contributed by atoms with E-state index in [0.717, 1.165) is 12.0 Å². The van der Waals surface area contributed by atoms with Crippen LogP contribution in [0.4, 0.5) is 5.69 Å². The molecule has 0 amide bonds. The van der Waals surface area contributed by atoms with Gasteiger partial charge in [0.2, 0.25) is 5.75 Å². The van der Waals surface area contributed by atoms with E-state index in [-0.39, 0.29) is 11.4 Å². The molecule has 0 saturated carbocycles. The van der Waals surface area contributed by atoms with E-state index in [4.69, 9.17) is 10.5 Å². The first-order valence-electron chi connectivity index (χ1n) is 7.38. The maximum Gasteiger partial charge on any atom is 0.337 e. The van der Waals surface area contributed by atoms with E-state index in [9.17, 15) is 14.9 Å². The van der Waals surface area contributed by atoms with Crippen molar-refractivity contribution in [3.63, 3.8) is 0 Å². The average molecular weight is 330 g/mol. The molecule has 2 aromatic rings. The number of aryl methyl sites for hydroxylation is 1. The number of nitro benzene ring substituents is 1. The quantitative estimate of drug-likeness (QED) is 0.475. The molecule has 2 rings (SSSR count). The zero-order valence-corrected chi connectivity index (χ0v) is 13.2. The van der Waals surface area contributed by atoms with Gasteiger partial charge in [0.1, 0.15) is 5.75 Å². The molecule has 0 radical (unpaired) electrons. The lowest BCUT2D eigenvalue weighted by atomic mass is 10.1. The topological polar surface area (TPSA) is 105 Å². The SMILES string of the molecule is COC(=O)c1cccc(Oc2ccc(CCCN)cc2[N+](=O)[O-])c1. The Morgan fingerprint density at radius 3 is 2.71 bits per heavy atom. The number of nitrogens with two attached hydrogens (primary N) is 1. The van der Waals surface area contributed by atoms with Gasteiger partial charge in [0.05, 0.1) is 17.6 Å². The number of benzene rings is 2. The van der Waals surface area contributed by atoms with E-state index in [1.54, 1.807) is 30.3 Å². The van der Waals surface area contributed by atoms with Crippen LogP contribution in [0.5, 0.6) is 11.5 Å². The number of rotatable bonds is 7. The van der Waals surface area contributed by atoms with Gasteiger partial charge in [-0.3, -0.25) is 10.1 Å². The van der Waals surface area contributed by atoms with E-state index in [1.807, 2.05) is 0 Å². The van der Waals surface area contributed by atoms with Crippen molar-refractivity contribution in [1.29, 1.82) is 0 Å². The van der Waals surface area contributed by atoms with Crippen molar-refractivity contribution in [1.82, 2.24) is 0 Å². The van der Waals surface area contributed by atoms with Gasteiger partial charge in [0, 0.05) is 6.07 Å². The molecule has 0 aliphatic rings. The molecule has 24 heavy (non-hydrogen) atoms. The maximum absolute atomic E-state index is 11.5. The van der Waals surface area contributed by atoms with Crippen LogP contribution in [-0.4, -0.2) is 24.5 Å². The molecule has 0 unspecified atom stereocenters. The normalized spacial score (nSPS) is 10.2. The lowest BCUT2D eigenvalue weighted by Gasteiger charge is -2.09. The summed E-state index contributed by atoms with van der Waals surface area (Å²) in [6, 6.07) is 11.1. The highest BCUT2D eigenvalue weighted by Gasteiger charge is 2.17. The van der Waals surface area contributed by atoms with Crippen LogP contribution in [0.3, 0.4) is 0 Å². The van der Waals surface area contributed by atoms with Gasteiger partial charge >= 0.3 is 11.7 Å². The Labute approximate surface area is 139 Å². The van der Waals surface area contributed by atoms with Gasteiger partial charge in [-0.05, 0) is 49.2 Å². The second-order valence-electron chi connectivity index (χ2n) is 5.07. The predicted molar refractivity (Wildman–Crippen MR) is 88.3 cm³/mol. The molecule has 126 valence electrons. The van der Waals surface area contributed by atoms with Crippen molar-refractivity contribution in [2.75, 3.05) is 13.7 Å². The van der Waals surface area contributed by atoms with E-state index < -0.39 is 10.9 Å². The summed E-state index contributed by atoms with van der Waals surface area (Å²) in [5, 5.41) is 11.3. The number of carbonyl (C=O) groups excluding carboxylic acids is 1. The van der Waals surface area contributed by atoms with Gasteiger partial charge in [0.25, 0.3) is 0 Å². The van der Waals surface area contributed by atoms with Crippen LogP contribution in [0.15, 0.2) is 42.5 Å². The fraction of sp³-hybridized carbons (Fsp3) is 0.235. The molecule has 0 fully saturated rings. The second kappa shape index (κ2) is 8.07. The fourth-order valence-electron chi connectivity index (χ4n) is 2.19. The third-order valence-corrected chi connectivity index (χ3v) is 3.37. The van der Waals surface area contributed by atoms with Gasteiger partial charge in [-0.25, -0.2) is 4.79 Å². The van der Waals surface area contributed by atoms with Gasteiger partial charge in [-0.1, -0.05) is 12.1 Å². The predicted octanol–water partition coefficient (Wildman–Crippen LogP) is 3.07. The summed E-state index contributed by atoms with van der Waals surface area (Å²) >= 11 is 0. The van der Waals surface area contributed by atoms with Crippen LogP contribution in [0.1, 0.15) is 22.3 Å². The van der Waals surface area contributed by atoms with Crippen molar-refractivity contribution in [3.8, 4) is 11.5 Å². The van der Waals surface area contributed by atoms with Crippen LogP contribution < -0.4 is 10.5 Å². The first-order chi connectivity index (χ1) is 11.5. The Morgan fingerprint density at radius 1 is 1.25 bits per heavy atom. The molecule has 7 nitrogen and oxygen atoms in total. The molecule has 0 bridgehead atoms. The smallest absolute Gasteiger partial charge is 0.337 e. The van der Waals surface area contributed by atoms with Gasteiger partial charge < -0.3 is 15.2 Å². The number of hydrogen-bond acceptors (Lipinski definition) is 6. The lowest BCUT2D eigenvalue weighted by molar-refractivity contribution is -0.385. The van der Waals surface area contributed by atoms with Crippen LogP contribution in [0.25, 0.3) is 0 Å². The maximum atomic E-state index is 11.5. The van der Waals surface area contributed by atoms with Gasteiger partial charge in [-0.15, -0.1) is 0 Å². The number of methoxy groups -OCH3 is 1. The average Bonchev–Trinajstić information content (AvgIpc) is 2.60. The zero-order valence-electron chi connectivity index (χ0n) is 13.2. The summed E-state index contributed by atoms with van der Waals surface area (Å²) < 4.78 is 10.2. The molecule has 0 aliphatic carbocycles. The summed E-state index contributed by atoms with van der Waals surface area (Å²) in [6.45, 7) is 0.520. The number of ether oxygens (including phenoxy) is 2. The van der Waals surface area contributed by atoms with Crippen molar-refractivity contribution >= 4 is 11.7 Å². The number of esters is 1. The second-order valence-corrected chi connectivity index (χ2v) is 5.07. The molecular weight excluding hydrogens is 312 g/mol. The minimum absolute atomic E-state index is 0.110. The Kier molecular flexibility index (Phi) is 5.86. The van der Waals surface area contributed by atoms with Crippen LogP contribution >= 0.6 is 0 Å². The Hall–Kier alpha value is -2.93. The first kappa shape index (κ1) is 17.4. The summed E-state index contributed by atoms with van der Waals surface area (Å²) in [5.74, 6) is -0.0821. The molecule has 0 spiro atoms. The van der Waals surface area contributed by atoms with E-state index >= 15 is 0 Å². The highest BCUT2D eigenvalue weighted by atomic mass is 16.6. The lowest BCUT2D eigenvalue weighted by Crippen LogP contribution is -2.02. The first-order valence-corrected chi connectivity index (χ1v) is 7.38. The zero-order chi connectivity index (χ0) is 17.5. The summed E-state index contributed by atoms with van der Waals surface area (Å²) in [5.41, 5.74) is 6.45. The molecule has 7 heteroatoms. The molecule has 0 aromatic heterocycles. The fourth-order valence-corrected chi connectivity index (χ4v) is 2.19. The minimum Gasteiger partial charge on any atom is -0.465 e. The highest BCUT2D eigenvalue weighted by Crippen LogP contribution is 2.32. The third kappa shape index (κ3) is 4.30. The number of hydrogen-bond donors (Lipinski definition) is 1. The van der Waals surface area contributed by atoms with E-state index in [1.165, 1.54) is 19.2 Å². The van der Waals surface area contributed by atoms with Crippen molar-refractivity contribution in [2.24, 2.45) is 5.73 Å². The van der Waals surface area contributed by atoms with Crippen LogP contribution in [0, 0.1) is 10.1 Å². The highest BCUT2D eigenvalue weighted by molar-refractivity contribution is 5.89.